The van der Waals surface area contributed by atoms with E-state index < -0.39 is 5.97 Å². The van der Waals surface area contributed by atoms with Crippen molar-refractivity contribution in [2.45, 2.75) is 12.8 Å². The van der Waals surface area contributed by atoms with Crippen LogP contribution in [0.2, 0.25) is 0 Å². The van der Waals surface area contributed by atoms with E-state index in [4.69, 9.17) is 14.6 Å². The van der Waals surface area contributed by atoms with Crippen molar-refractivity contribution in [3.63, 3.8) is 0 Å². The van der Waals surface area contributed by atoms with Crippen LogP contribution in [0, 0.1) is 0 Å². The first-order chi connectivity index (χ1) is 6.72. The van der Waals surface area contributed by atoms with Crippen molar-refractivity contribution in [2.24, 2.45) is 0 Å². The number of carboxylic acid groups (broad SMARTS) is 1. The van der Waals surface area contributed by atoms with E-state index in [1.54, 1.807) is 13.2 Å². The molecular formula is C9H12O4S. The lowest BCUT2D eigenvalue weighted by Crippen LogP contribution is -2.01. The molecule has 0 aliphatic carbocycles. The van der Waals surface area contributed by atoms with Gasteiger partial charge < -0.3 is 14.6 Å². The highest BCUT2D eigenvalue weighted by atomic mass is 32.1. The summed E-state index contributed by atoms with van der Waals surface area (Å²) in [5, 5.41) is 11.0. The van der Waals surface area contributed by atoms with Crippen LogP contribution in [-0.2, 0) is 4.79 Å². The minimum absolute atomic E-state index is 0.140. The third kappa shape index (κ3) is 3.66. The fourth-order valence-corrected chi connectivity index (χ4v) is 1.55. The first kappa shape index (κ1) is 10.8. The SMILES string of the molecule is COc1cc(OCCCC(=O)O)cs1. The number of aliphatic carboxylic acids is 1. The molecule has 0 aliphatic rings. The molecule has 0 atom stereocenters. The van der Waals surface area contributed by atoms with Crippen LogP contribution in [0.5, 0.6) is 10.8 Å². The average Bonchev–Trinajstić information content (AvgIpc) is 2.60. The van der Waals surface area contributed by atoms with Crippen LogP contribution < -0.4 is 9.47 Å². The van der Waals surface area contributed by atoms with Crippen molar-refractivity contribution in [3.8, 4) is 10.8 Å². The largest absolute Gasteiger partial charge is 0.493 e. The first-order valence-electron chi connectivity index (χ1n) is 4.19. The van der Waals surface area contributed by atoms with E-state index in [9.17, 15) is 4.79 Å². The highest BCUT2D eigenvalue weighted by molar-refractivity contribution is 7.12. The number of ether oxygens (including phenoxy) is 2. The molecule has 1 heterocycles. The van der Waals surface area contributed by atoms with Crippen molar-refractivity contribution in [2.75, 3.05) is 13.7 Å². The molecule has 1 aromatic heterocycles. The summed E-state index contributed by atoms with van der Waals surface area (Å²) in [4.78, 5) is 10.2. The molecule has 0 amide bonds. The number of hydrogen-bond donors (Lipinski definition) is 1. The molecule has 4 nitrogen and oxygen atoms in total. The molecular weight excluding hydrogens is 204 g/mol. The maximum Gasteiger partial charge on any atom is 0.303 e. The fourth-order valence-electron chi connectivity index (χ4n) is 0.896. The summed E-state index contributed by atoms with van der Waals surface area (Å²) >= 11 is 1.45. The maximum atomic E-state index is 10.2. The van der Waals surface area contributed by atoms with Gasteiger partial charge in [0.1, 0.15) is 5.75 Å². The zero-order valence-corrected chi connectivity index (χ0v) is 8.67. The third-order valence-electron chi connectivity index (χ3n) is 1.56. The smallest absolute Gasteiger partial charge is 0.303 e. The molecule has 0 aromatic carbocycles. The Bertz CT molecular complexity index is 295. The molecule has 0 aliphatic heterocycles. The fraction of sp³-hybridized carbons (Fsp3) is 0.444. The van der Waals surface area contributed by atoms with Gasteiger partial charge in [0.15, 0.2) is 5.06 Å². The van der Waals surface area contributed by atoms with Gasteiger partial charge in [-0.15, -0.1) is 11.3 Å². The molecule has 0 fully saturated rings. The van der Waals surface area contributed by atoms with E-state index in [1.165, 1.54) is 11.3 Å². The summed E-state index contributed by atoms with van der Waals surface area (Å²) in [7, 11) is 1.60. The summed E-state index contributed by atoms with van der Waals surface area (Å²) in [5.74, 6) is -0.0614. The van der Waals surface area contributed by atoms with Gasteiger partial charge in [0, 0.05) is 17.9 Å². The highest BCUT2D eigenvalue weighted by Crippen LogP contribution is 2.27. The van der Waals surface area contributed by atoms with Crippen LogP contribution in [0.3, 0.4) is 0 Å². The second-order valence-corrected chi connectivity index (χ2v) is 3.53. The van der Waals surface area contributed by atoms with Gasteiger partial charge in [-0.2, -0.15) is 0 Å². The lowest BCUT2D eigenvalue weighted by molar-refractivity contribution is -0.137. The van der Waals surface area contributed by atoms with Gasteiger partial charge in [0.25, 0.3) is 0 Å². The molecule has 14 heavy (non-hydrogen) atoms. The average molecular weight is 216 g/mol. The molecule has 1 rings (SSSR count). The zero-order chi connectivity index (χ0) is 10.4. The number of thiophene rings is 1. The topological polar surface area (TPSA) is 55.8 Å². The standard InChI is InChI=1S/C9H12O4S/c1-12-9-5-7(6-14-9)13-4-2-3-8(10)11/h5-6H,2-4H2,1H3,(H,10,11). The molecule has 0 unspecified atom stereocenters. The lowest BCUT2D eigenvalue weighted by Gasteiger charge is -2.00. The van der Waals surface area contributed by atoms with Crippen molar-refractivity contribution in [3.05, 3.63) is 11.4 Å². The molecule has 0 saturated carbocycles. The number of hydrogen-bond acceptors (Lipinski definition) is 4. The molecule has 0 spiro atoms. The van der Waals surface area contributed by atoms with Crippen molar-refractivity contribution < 1.29 is 19.4 Å². The van der Waals surface area contributed by atoms with Crippen molar-refractivity contribution in [1.82, 2.24) is 0 Å². The molecule has 5 heteroatoms. The van der Waals surface area contributed by atoms with Crippen LogP contribution in [0.15, 0.2) is 11.4 Å². The van der Waals surface area contributed by atoms with Crippen LogP contribution >= 0.6 is 11.3 Å². The minimum atomic E-state index is -0.795. The van der Waals surface area contributed by atoms with Gasteiger partial charge >= 0.3 is 5.97 Å². The van der Waals surface area contributed by atoms with E-state index in [-0.39, 0.29) is 6.42 Å². The maximum absolute atomic E-state index is 10.2. The highest BCUT2D eigenvalue weighted by Gasteiger charge is 2.01. The lowest BCUT2D eigenvalue weighted by atomic mass is 10.3. The Morgan fingerprint density at radius 1 is 1.64 bits per heavy atom. The second kappa shape index (κ2) is 5.49. The van der Waals surface area contributed by atoms with Crippen molar-refractivity contribution in [1.29, 1.82) is 0 Å². The molecule has 0 radical (unpaired) electrons. The Hall–Kier alpha value is -1.23. The second-order valence-electron chi connectivity index (χ2n) is 2.65. The Balaban J connectivity index is 2.21. The minimum Gasteiger partial charge on any atom is -0.493 e. The first-order valence-corrected chi connectivity index (χ1v) is 5.07. The van der Waals surface area contributed by atoms with E-state index in [1.807, 2.05) is 5.38 Å². The number of rotatable bonds is 6. The van der Waals surface area contributed by atoms with Gasteiger partial charge in [0.05, 0.1) is 13.7 Å². The molecule has 0 bridgehead atoms. The van der Waals surface area contributed by atoms with E-state index >= 15 is 0 Å². The predicted octanol–water partition coefficient (Wildman–Crippen LogP) is 2.00. The van der Waals surface area contributed by atoms with E-state index in [0.717, 1.165) is 10.8 Å². The number of carbonyl (C=O) groups is 1. The molecule has 0 saturated heterocycles. The summed E-state index contributed by atoms with van der Waals surface area (Å²) in [5.41, 5.74) is 0. The number of methoxy groups -OCH3 is 1. The van der Waals surface area contributed by atoms with Crippen LogP contribution in [0.1, 0.15) is 12.8 Å². The summed E-state index contributed by atoms with van der Waals surface area (Å²) in [6, 6.07) is 1.78. The normalized spacial score (nSPS) is 9.79. The summed E-state index contributed by atoms with van der Waals surface area (Å²) < 4.78 is 10.3. The van der Waals surface area contributed by atoms with Gasteiger partial charge in [0.2, 0.25) is 0 Å². The van der Waals surface area contributed by atoms with Crippen LogP contribution in [0.25, 0.3) is 0 Å². The van der Waals surface area contributed by atoms with Crippen LogP contribution in [-0.4, -0.2) is 24.8 Å². The Labute approximate surface area is 86.1 Å². The Kier molecular flexibility index (Phi) is 4.25. The third-order valence-corrected chi connectivity index (χ3v) is 2.42. The summed E-state index contributed by atoms with van der Waals surface area (Å²) in [6.45, 7) is 0.423. The number of carboxylic acids is 1. The molecule has 78 valence electrons. The van der Waals surface area contributed by atoms with Gasteiger partial charge in [-0.05, 0) is 6.42 Å². The van der Waals surface area contributed by atoms with Crippen molar-refractivity contribution >= 4 is 17.3 Å². The van der Waals surface area contributed by atoms with E-state index in [2.05, 4.69) is 0 Å². The van der Waals surface area contributed by atoms with Gasteiger partial charge in [-0.1, -0.05) is 0 Å². The quantitative estimate of drug-likeness (QED) is 0.739. The Morgan fingerprint density at radius 3 is 3.00 bits per heavy atom. The molecule has 1 aromatic rings. The monoisotopic (exact) mass is 216 g/mol. The summed E-state index contributed by atoms with van der Waals surface area (Å²) in [6.07, 6.45) is 0.661. The van der Waals surface area contributed by atoms with E-state index in [0.29, 0.717) is 13.0 Å². The van der Waals surface area contributed by atoms with Gasteiger partial charge in [-0.3, -0.25) is 4.79 Å². The zero-order valence-electron chi connectivity index (χ0n) is 7.86. The molecule has 1 N–H and O–H groups in total. The Morgan fingerprint density at radius 2 is 2.43 bits per heavy atom. The predicted molar refractivity (Wildman–Crippen MR) is 53.2 cm³/mol. The van der Waals surface area contributed by atoms with Gasteiger partial charge in [-0.25, -0.2) is 0 Å². The van der Waals surface area contributed by atoms with Crippen LogP contribution in [0.4, 0.5) is 0 Å².